The largest absolute Gasteiger partial charge is 0.508 e. The maximum atomic E-state index is 14.0. The van der Waals surface area contributed by atoms with Crippen molar-refractivity contribution in [2.75, 3.05) is 33.1 Å². The molecule has 1 aromatic rings. The number of hydrogen-bond donors (Lipinski definition) is 6. The molecule has 0 heterocycles. The number of benzene rings is 1. The van der Waals surface area contributed by atoms with Crippen molar-refractivity contribution in [2.45, 2.75) is 57.8 Å². The van der Waals surface area contributed by atoms with Gasteiger partial charge >= 0.3 is 0 Å². The minimum absolute atomic E-state index is 0.0479. The molecule has 1 aromatic carbocycles. The van der Waals surface area contributed by atoms with Gasteiger partial charge < -0.3 is 36.4 Å². The van der Waals surface area contributed by atoms with E-state index in [1.807, 2.05) is 19.0 Å². The highest BCUT2D eigenvalue weighted by atomic mass is 16.3. The molecule has 11 heteroatoms. The minimum atomic E-state index is -2.65. The van der Waals surface area contributed by atoms with E-state index in [-0.39, 0.29) is 35.8 Å². The number of Topliss-reactive ketones (excluding diaryl/α,β-unsaturated/α-hetero) is 2. The second-order valence-corrected chi connectivity index (χ2v) is 12.0. The van der Waals surface area contributed by atoms with Gasteiger partial charge in [0.15, 0.2) is 11.4 Å². The van der Waals surface area contributed by atoms with Gasteiger partial charge in [-0.3, -0.25) is 19.3 Å². The molecule has 0 saturated heterocycles. The Morgan fingerprint density at radius 3 is 2.30 bits per heavy atom. The SMILES string of the molecule is CC(C)[C@H](C)NCc1cc(O)c2c(c1N(C)C)C[C@H]1C[C@H]3[C@H](N(C)C)C(=O)C(C(N)=O)=C(O)[C@@]3(O)C(=O)C1=C2O. The van der Waals surface area contributed by atoms with Crippen LogP contribution in [0.5, 0.6) is 5.75 Å². The number of phenolic OH excluding ortho intramolecular Hbond substituents is 1. The number of rotatable bonds is 7. The van der Waals surface area contributed by atoms with Crippen molar-refractivity contribution >= 4 is 28.9 Å². The number of amides is 1. The van der Waals surface area contributed by atoms with Crippen LogP contribution in [0.1, 0.15) is 43.9 Å². The van der Waals surface area contributed by atoms with Crippen LogP contribution in [0.25, 0.3) is 5.76 Å². The number of fused-ring (bicyclic) bond motifs is 3. The Labute approximate surface area is 233 Å². The van der Waals surface area contributed by atoms with E-state index in [9.17, 15) is 34.8 Å². The van der Waals surface area contributed by atoms with Gasteiger partial charge in [0.05, 0.1) is 11.6 Å². The molecular weight excluding hydrogens is 516 g/mol. The number of hydrogen-bond acceptors (Lipinski definition) is 10. The second kappa shape index (κ2) is 10.2. The Morgan fingerprint density at radius 2 is 1.77 bits per heavy atom. The van der Waals surface area contributed by atoms with Crippen LogP contribution >= 0.6 is 0 Å². The molecule has 3 aliphatic carbocycles. The van der Waals surface area contributed by atoms with Crippen LogP contribution in [-0.4, -0.2) is 88.7 Å². The Kier molecular flexibility index (Phi) is 7.55. The van der Waals surface area contributed by atoms with Gasteiger partial charge in [-0.05, 0) is 62.9 Å². The third-order valence-corrected chi connectivity index (χ3v) is 8.83. The Balaban J connectivity index is 1.92. The maximum Gasteiger partial charge on any atom is 0.255 e. The van der Waals surface area contributed by atoms with Gasteiger partial charge in [0.2, 0.25) is 5.78 Å². The highest BCUT2D eigenvalue weighted by Crippen LogP contribution is 2.54. The van der Waals surface area contributed by atoms with Crippen LogP contribution < -0.4 is 16.0 Å². The first-order valence-electron chi connectivity index (χ1n) is 13.5. The van der Waals surface area contributed by atoms with Gasteiger partial charge in [-0.15, -0.1) is 0 Å². The van der Waals surface area contributed by atoms with Gasteiger partial charge in [-0.1, -0.05) is 13.8 Å². The van der Waals surface area contributed by atoms with Gasteiger partial charge in [0.25, 0.3) is 5.91 Å². The lowest BCUT2D eigenvalue weighted by molar-refractivity contribution is -0.153. The number of primary amides is 1. The van der Waals surface area contributed by atoms with E-state index in [1.165, 1.54) is 4.90 Å². The molecule has 0 radical (unpaired) electrons. The number of nitrogens with two attached hydrogens (primary N) is 1. The van der Waals surface area contributed by atoms with Crippen LogP contribution in [0.2, 0.25) is 0 Å². The number of aliphatic hydroxyl groups is 3. The molecule has 3 aliphatic rings. The zero-order valence-corrected chi connectivity index (χ0v) is 24.1. The number of aromatic hydroxyl groups is 1. The maximum absolute atomic E-state index is 14.0. The number of phenols is 1. The summed E-state index contributed by atoms with van der Waals surface area (Å²) in [6.45, 7) is 6.75. The molecule has 1 fully saturated rings. The van der Waals surface area contributed by atoms with Crippen LogP contribution in [0, 0.1) is 17.8 Å². The van der Waals surface area contributed by atoms with E-state index in [2.05, 4.69) is 26.1 Å². The van der Waals surface area contributed by atoms with Crippen molar-refractivity contribution in [3.8, 4) is 5.75 Å². The molecule has 0 unspecified atom stereocenters. The lowest BCUT2D eigenvalue weighted by Crippen LogP contribution is -2.65. The molecule has 0 aliphatic heterocycles. The molecule has 7 N–H and O–H groups in total. The standard InChI is InChI=1S/C29H40N4O7/c1-12(2)13(3)31-11-15-10-18(34)20-16(22(15)32(4)5)8-14-9-17-23(33(6)7)25(36)21(28(30)39)27(38)29(17,40)26(37)19(14)24(20)35/h10,12-14,17,23,31,34-35,38,40H,8-9,11H2,1-7H3,(H2,30,39)/t13-,14-,17-,23-,29-/m0/s1. The molecule has 40 heavy (non-hydrogen) atoms. The van der Waals surface area contributed by atoms with E-state index >= 15 is 0 Å². The van der Waals surface area contributed by atoms with E-state index in [0.717, 1.165) is 11.3 Å². The van der Waals surface area contributed by atoms with Crippen LogP contribution in [-0.2, 0) is 27.3 Å². The normalized spacial score (nSPS) is 27.1. The molecule has 5 atom stereocenters. The highest BCUT2D eigenvalue weighted by Gasteiger charge is 2.64. The molecule has 4 rings (SSSR count). The third-order valence-electron chi connectivity index (χ3n) is 8.83. The predicted octanol–water partition coefficient (Wildman–Crippen LogP) is 1.16. The summed E-state index contributed by atoms with van der Waals surface area (Å²) >= 11 is 0. The van der Waals surface area contributed by atoms with Gasteiger partial charge in [0.1, 0.15) is 22.8 Å². The first-order chi connectivity index (χ1) is 18.5. The zero-order valence-electron chi connectivity index (χ0n) is 24.1. The molecule has 1 saturated carbocycles. The number of aliphatic hydroxyl groups excluding tert-OH is 2. The first kappa shape index (κ1) is 29.6. The fraction of sp³-hybridized carbons (Fsp3) is 0.552. The number of nitrogens with zero attached hydrogens (tertiary/aromatic N) is 2. The molecule has 0 aromatic heterocycles. The van der Waals surface area contributed by atoms with E-state index in [4.69, 9.17) is 5.73 Å². The Bertz CT molecular complexity index is 1350. The lowest BCUT2D eigenvalue weighted by atomic mass is 9.57. The minimum Gasteiger partial charge on any atom is -0.508 e. The zero-order chi connectivity index (χ0) is 30.0. The third kappa shape index (κ3) is 4.27. The highest BCUT2D eigenvalue weighted by molar-refractivity contribution is 6.24. The number of ketones is 2. The molecule has 1 amide bonds. The van der Waals surface area contributed by atoms with Crippen LogP contribution in [0.15, 0.2) is 23.0 Å². The summed E-state index contributed by atoms with van der Waals surface area (Å²) < 4.78 is 0. The fourth-order valence-electron chi connectivity index (χ4n) is 6.57. The fourth-order valence-corrected chi connectivity index (χ4v) is 6.57. The lowest BCUT2D eigenvalue weighted by Gasteiger charge is -2.50. The molecule has 0 bridgehead atoms. The van der Waals surface area contributed by atoms with Gasteiger partial charge in [-0.25, -0.2) is 0 Å². The predicted molar refractivity (Wildman–Crippen MR) is 150 cm³/mol. The monoisotopic (exact) mass is 556 g/mol. The number of carbonyl (C=O) groups excluding carboxylic acids is 3. The smallest absolute Gasteiger partial charge is 0.255 e. The molecule has 0 spiro atoms. The Morgan fingerprint density at radius 1 is 1.15 bits per heavy atom. The van der Waals surface area contributed by atoms with Crippen molar-refractivity contribution in [3.05, 3.63) is 39.7 Å². The number of nitrogens with one attached hydrogen (secondary N) is 1. The Hall–Kier alpha value is -3.41. The first-order valence-corrected chi connectivity index (χ1v) is 13.5. The van der Waals surface area contributed by atoms with E-state index in [0.29, 0.717) is 18.0 Å². The summed E-state index contributed by atoms with van der Waals surface area (Å²) in [6, 6.07) is 0.645. The van der Waals surface area contributed by atoms with Crippen molar-refractivity contribution in [3.63, 3.8) is 0 Å². The van der Waals surface area contributed by atoms with Crippen LogP contribution in [0.4, 0.5) is 5.69 Å². The second-order valence-electron chi connectivity index (χ2n) is 12.0. The van der Waals surface area contributed by atoms with Crippen molar-refractivity contribution < 1.29 is 34.8 Å². The average molecular weight is 557 g/mol. The summed E-state index contributed by atoms with van der Waals surface area (Å²) in [7, 11) is 6.87. The van der Waals surface area contributed by atoms with Crippen molar-refractivity contribution in [2.24, 2.45) is 23.5 Å². The van der Waals surface area contributed by atoms with Gasteiger partial charge in [0, 0.05) is 43.9 Å². The van der Waals surface area contributed by atoms with Crippen molar-refractivity contribution in [1.82, 2.24) is 10.2 Å². The van der Waals surface area contributed by atoms with E-state index in [1.54, 1.807) is 20.2 Å². The molecule has 218 valence electrons. The van der Waals surface area contributed by atoms with E-state index < -0.39 is 58.0 Å². The summed E-state index contributed by atoms with van der Waals surface area (Å²) in [6.07, 6.45) is 0.287. The number of likely N-dealkylation sites (N-methyl/N-ethyl adjacent to an activating group) is 1. The number of anilines is 1. The van der Waals surface area contributed by atoms with Crippen molar-refractivity contribution in [1.29, 1.82) is 0 Å². The molecular formula is C29H40N4O7. The van der Waals surface area contributed by atoms with Gasteiger partial charge in [-0.2, -0.15) is 0 Å². The summed E-state index contributed by atoms with van der Waals surface area (Å²) in [5.74, 6) is -6.21. The molecule has 11 nitrogen and oxygen atoms in total. The van der Waals surface area contributed by atoms with Crippen LogP contribution in [0.3, 0.4) is 0 Å². The summed E-state index contributed by atoms with van der Waals surface area (Å²) in [5.41, 5.74) is 4.07. The average Bonchev–Trinajstić information content (AvgIpc) is 2.83. The topological polar surface area (TPSA) is 177 Å². The number of carbonyl (C=O) groups is 3. The quantitative estimate of drug-likeness (QED) is 0.267. The summed E-state index contributed by atoms with van der Waals surface area (Å²) in [5, 5.41) is 48.7. The summed E-state index contributed by atoms with van der Waals surface area (Å²) in [4.78, 5) is 42.8.